The molecule has 3 nitrogen and oxygen atoms in total. The Bertz CT molecular complexity index is 360. The third-order valence-corrected chi connectivity index (χ3v) is 5.24. The topological polar surface area (TPSA) is 39.1 Å². The van der Waals surface area contributed by atoms with Gasteiger partial charge in [-0.1, -0.05) is 13.3 Å². The Morgan fingerprint density at radius 3 is 2.70 bits per heavy atom. The Morgan fingerprint density at radius 2 is 2.15 bits per heavy atom. The smallest absolute Gasteiger partial charge is 0.109 e. The number of nitrogens with one attached hydrogen (secondary N) is 1. The quantitative estimate of drug-likeness (QED) is 0.839. The molecule has 1 heterocycles. The molecule has 0 spiro atoms. The first-order valence-corrected chi connectivity index (χ1v) is 8.40. The maximum atomic E-state index is 9.70. The van der Waals surface area contributed by atoms with E-state index in [2.05, 4.69) is 44.0 Å². The predicted octanol–water partition coefficient (Wildman–Crippen LogP) is 3.17. The van der Waals surface area contributed by atoms with Gasteiger partial charge < -0.3 is 4.90 Å². The molecule has 2 aliphatic rings. The fourth-order valence-corrected chi connectivity index (χ4v) is 4.37. The van der Waals surface area contributed by atoms with E-state index < -0.39 is 0 Å². The van der Waals surface area contributed by atoms with Gasteiger partial charge in [-0.2, -0.15) is 5.26 Å². The van der Waals surface area contributed by atoms with Crippen LogP contribution in [0.3, 0.4) is 0 Å². The Morgan fingerprint density at radius 1 is 1.40 bits per heavy atom. The molecule has 0 aromatic heterocycles. The lowest BCUT2D eigenvalue weighted by Gasteiger charge is -2.33. The summed E-state index contributed by atoms with van der Waals surface area (Å²) in [6.45, 7) is 11.4. The monoisotopic (exact) mass is 277 g/mol. The van der Waals surface area contributed by atoms with Crippen molar-refractivity contribution in [2.45, 2.75) is 77.4 Å². The van der Waals surface area contributed by atoms with Gasteiger partial charge in [-0.25, -0.2) is 0 Å². The second-order valence-electron chi connectivity index (χ2n) is 7.44. The molecule has 2 rings (SSSR count). The van der Waals surface area contributed by atoms with Gasteiger partial charge in [0.15, 0.2) is 0 Å². The third kappa shape index (κ3) is 3.35. The Kier molecular flexibility index (Phi) is 5.09. The molecule has 2 fully saturated rings. The maximum Gasteiger partial charge on any atom is 0.109 e. The van der Waals surface area contributed by atoms with Gasteiger partial charge in [-0.15, -0.1) is 0 Å². The van der Waals surface area contributed by atoms with Crippen LogP contribution >= 0.6 is 0 Å². The zero-order valence-electron chi connectivity index (χ0n) is 13.7. The van der Waals surface area contributed by atoms with Crippen molar-refractivity contribution in [3.05, 3.63) is 0 Å². The normalized spacial score (nSPS) is 38.5. The molecule has 0 radical (unpaired) electrons. The van der Waals surface area contributed by atoms with Crippen molar-refractivity contribution >= 4 is 0 Å². The van der Waals surface area contributed by atoms with Crippen LogP contribution in [-0.2, 0) is 0 Å². The van der Waals surface area contributed by atoms with E-state index in [1.54, 1.807) is 0 Å². The fourth-order valence-electron chi connectivity index (χ4n) is 4.37. The SMILES string of the molecule is CC1CC(C)N(CCC2CCCC2(C#N)NC(C)C)C1. The van der Waals surface area contributed by atoms with Gasteiger partial charge >= 0.3 is 0 Å². The van der Waals surface area contributed by atoms with Crippen LogP contribution < -0.4 is 5.32 Å². The Labute approximate surface area is 124 Å². The number of hydrogen-bond donors (Lipinski definition) is 1. The van der Waals surface area contributed by atoms with E-state index in [-0.39, 0.29) is 5.54 Å². The van der Waals surface area contributed by atoms with Crippen LogP contribution in [0.25, 0.3) is 0 Å². The van der Waals surface area contributed by atoms with E-state index >= 15 is 0 Å². The molecule has 1 N–H and O–H groups in total. The maximum absolute atomic E-state index is 9.70. The molecule has 0 amide bonds. The van der Waals surface area contributed by atoms with Crippen LogP contribution in [0.1, 0.15) is 59.8 Å². The number of hydrogen-bond acceptors (Lipinski definition) is 3. The summed E-state index contributed by atoms with van der Waals surface area (Å²) in [5.41, 5.74) is -0.261. The van der Waals surface area contributed by atoms with E-state index in [0.717, 1.165) is 18.4 Å². The first-order chi connectivity index (χ1) is 9.47. The lowest BCUT2D eigenvalue weighted by Crippen LogP contribution is -2.50. The molecule has 114 valence electrons. The molecule has 0 aromatic rings. The Balaban J connectivity index is 1.92. The van der Waals surface area contributed by atoms with Crippen LogP contribution in [0.15, 0.2) is 0 Å². The first-order valence-electron chi connectivity index (χ1n) is 8.40. The van der Waals surface area contributed by atoms with Crippen LogP contribution in [0.4, 0.5) is 0 Å². The van der Waals surface area contributed by atoms with E-state index in [4.69, 9.17) is 0 Å². The molecular formula is C17H31N3. The van der Waals surface area contributed by atoms with Crippen LogP contribution in [0.2, 0.25) is 0 Å². The zero-order chi connectivity index (χ0) is 14.8. The van der Waals surface area contributed by atoms with Gasteiger partial charge in [0.25, 0.3) is 0 Å². The molecule has 3 heteroatoms. The number of rotatable bonds is 5. The lowest BCUT2D eigenvalue weighted by atomic mass is 9.85. The molecule has 1 saturated carbocycles. The van der Waals surface area contributed by atoms with Crippen molar-refractivity contribution in [2.24, 2.45) is 11.8 Å². The first kappa shape index (κ1) is 15.8. The molecule has 1 saturated heterocycles. The largest absolute Gasteiger partial charge is 0.300 e. The minimum atomic E-state index is -0.261. The average molecular weight is 277 g/mol. The van der Waals surface area contributed by atoms with Crippen molar-refractivity contribution in [3.63, 3.8) is 0 Å². The van der Waals surface area contributed by atoms with E-state index in [1.807, 2.05) is 0 Å². The van der Waals surface area contributed by atoms with Gasteiger partial charge in [0.1, 0.15) is 5.54 Å². The van der Waals surface area contributed by atoms with Gasteiger partial charge in [-0.3, -0.25) is 5.32 Å². The van der Waals surface area contributed by atoms with Crippen LogP contribution in [0, 0.1) is 23.2 Å². The summed E-state index contributed by atoms with van der Waals surface area (Å²) in [4.78, 5) is 2.63. The summed E-state index contributed by atoms with van der Waals surface area (Å²) < 4.78 is 0. The summed E-state index contributed by atoms with van der Waals surface area (Å²) in [7, 11) is 0. The van der Waals surface area contributed by atoms with Crippen molar-refractivity contribution in [1.29, 1.82) is 5.26 Å². The van der Waals surface area contributed by atoms with Crippen molar-refractivity contribution < 1.29 is 0 Å². The van der Waals surface area contributed by atoms with E-state index in [1.165, 1.54) is 38.8 Å². The van der Waals surface area contributed by atoms with Crippen molar-refractivity contribution in [2.75, 3.05) is 13.1 Å². The van der Waals surface area contributed by atoms with Crippen molar-refractivity contribution in [3.8, 4) is 6.07 Å². The van der Waals surface area contributed by atoms with Crippen LogP contribution in [-0.4, -0.2) is 35.6 Å². The molecule has 1 aliphatic carbocycles. The predicted molar refractivity (Wildman–Crippen MR) is 83.4 cm³/mol. The lowest BCUT2D eigenvalue weighted by molar-refractivity contribution is 0.211. The summed E-state index contributed by atoms with van der Waals surface area (Å²) >= 11 is 0. The average Bonchev–Trinajstić information content (AvgIpc) is 2.90. The summed E-state index contributed by atoms with van der Waals surface area (Å²) in [5, 5.41) is 13.3. The number of nitriles is 1. The molecule has 0 aromatic carbocycles. The Hall–Kier alpha value is -0.590. The van der Waals surface area contributed by atoms with Gasteiger partial charge in [0.05, 0.1) is 6.07 Å². The summed E-state index contributed by atoms with van der Waals surface area (Å²) in [6.07, 6.45) is 5.94. The standard InChI is InChI=1S/C17H31N3/c1-13(2)19-17(12-18)8-5-6-16(17)7-9-20-11-14(3)10-15(20)4/h13-16,19H,5-11H2,1-4H3. The molecule has 0 bridgehead atoms. The molecular weight excluding hydrogens is 246 g/mol. The highest BCUT2D eigenvalue weighted by molar-refractivity contribution is 5.14. The summed E-state index contributed by atoms with van der Waals surface area (Å²) in [5.74, 6) is 1.36. The number of likely N-dealkylation sites (tertiary alicyclic amines) is 1. The minimum absolute atomic E-state index is 0.261. The van der Waals surface area contributed by atoms with E-state index in [0.29, 0.717) is 12.0 Å². The molecule has 1 aliphatic heterocycles. The zero-order valence-corrected chi connectivity index (χ0v) is 13.7. The molecule has 20 heavy (non-hydrogen) atoms. The molecule has 4 atom stereocenters. The van der Waals surface area contributed by atoms with E-state index in [9.17, 15) is 5.26 Å². The second kappa shape index (κ2) is 6.45. The van der Waals surface area contributed by atoms with Crippen molar-refractivity contribution in [1.82, 2.24) is 10.2 Å². The third-order valence-electron chi connectivity index (χ3n) is 5.24. The number of nitrogens with zero attached hydrogens (tertiary/aromatic N) is 2. The van der Waals surface area contributed by atoms with Gasteiger partial charge in [0, 0.05) is 18.6 Å². The fraction of sp³-hybridized carbons (Fsp3) is 0.941. The minimum Gasteiger partial charge on any atom is -0.300 e. The molecule has 4 unspecified atom stereocenters. The highest BCUT2D eigenvalue weighted by Gasteiger charge is 2.43. The second-order valence-corrected chi connectivity index (χ2v) is 7.44. The summed E-state index contributed by atoms with van der Waals surface area (Å²) in [6, 6.07) is 3.74. The van der Waals surface area contributed by atoms with Crippen LogP contribution in [0.5, 0.6) is 0 Å². The van der Waals surface area contributed by atoms with Gasteiger partial charge in [-0.05, 0) is 64.8 Å². The van der Waals surface area contributed by atoms with Gasteiger partial charge in [0.2, 0.25) is 0 Å². The highest BCUT2D eigenvalue weighted by atomic mass is 15.2. The highest BCUT2D eigenvalue weighted by Crippen LogP contribution is 2.38.